The summed E-state index contributed by atoms with van der Waals surface area (Å²) in [5.41, 5.74) is 0.389. The first kappa shape index (κ1) is 18.9. The quantitative estimate of drug-likeness (QED) is 0.477. The van der Waals surface area contributed by atoms with Crippen molar-refractivity contribution in [2.75, 3.05) is 31.1 Å². The van der Waals surface area contributed by atoms with Gasteiger partial charge in [0.25, 0.3) is 11.6 Å². The van der Waals surface area contributed by atoms with Crippen molar-refractivity contribution in [3.63, 3.8) is 0 Å². The van der Waals surface area contributed by atoms with Gasteiger partial charge >= 0.3 is 0 Å². The van der Waals surface area contributed by atoms with E-state index in [2.05, 4.69) is 10.2 Å². The lowest BCUT2D eigenvalue weighted by Gasteiger charge is -2.35. The second-order valence-corrected chi connectivity index (χ2v) is 6.89. The van der Waals surface area contributed by atoms with Crippen molar-refractivity contribution in [2.45, 2.75) is 0 Å². The van der Waals surface area contributed by atoms with Gasteiger partial charge < -0.3 is 14.2 Å². The van der Waals surface area contributed by atoms with Gasteiger partial charge in [0.1, 0.15) is 11.3 Å². The summed E-state index contributed by atoms with van der Waals surface area (Å²) < 4.78 is 5.30. The predicted molar refractivity (Wildman–Crippen MR) is 106 cm³/mol. The van der Waals surface area contributed by atoms with E-state index in [0.29, 0.717) is 43.5 Å². The number of furan rings is 1. The fourth-order valence-electron chi connectivity index (χ4n) is 3.20. The first-order chi connectivity index (χ1) is 14.0. The molecule has 1 aliphatic rings. The summed E-state index contributed by atoms with van der Waals surface area (Å²) >= 11 is 5.93. The number of amides is 1. The van der Waals surface area contributed by atoms with Crippen LogP contribution >= 0.6 is 11.6 Å². The number of nitro benzene ring substituents is 1. The maximum Gasteiger partial charge on any atom is 0.282 e. The fraction of sp³-hybridized carbons (Fsp3) is 0.211. The summed E-state index contributed by atoms with van der Waals surface area (Å²) in [5.74, 6) is 0.932. The number of halogens is 1. The average Bonchev–Trinajstić information content (AvgIpc) is 3.28. The maximum absolute atomic E-state index is 12.8. The van der Waals surface area contributed by atoms with Crippen molar-refractivity contribution in [2.24, 2.45) is 0 Å². The highest BCUT2D eigenvalue weighted by Crippen LogP contribution is 2.25. The summed E-state index contributed by atoms with van der Waals surface area (Å²) in [5, 5.41) is 19.9. The molecule has 1 aliphatic heterocycles. The molecule has 0 bridgehead atoms. The minimum Gasteiger partial charge on any atom is -0.463 e. The lowest BCUT2D eigenvalue weighted by molar-refractivity contribution is -0.385. The van der Waals surface area contributed by atoms with Gasteiger partial charge in [-0.1, -0.05) is 11.6 Å². The molecular weight excluding hydrogens is 398 g/mol. The Balaban J connectivity index is 1.44. The Morgan fingerprint density at radius 2 is 1.90 bits per heavy atom. The fourth-order valence-corrected chi connectivity index (χ4v) is 3.37. The molecule has 0 N–H and O–H groups in total. The molecule has 0 spiro atoms. The van der Waals surface area contributed by atoms with Crippen LogP contribution in [-0.4, -0.2) is 52.1 Å². The van der Waals surface area contributed by atoms with Gasteiger partial charge in [-0.3, -0.25) is 14.9 Å². The van der Waals surface area contributed by atoms with Crippen LogP contribution < -0.4 is 4.90 Å². The van der Waals surface area contributed by atoms with E-state index >= 15 is 0 Å². The summed E-state index contributed by atoms with van der Waals surface area (Å²) in [4.78, 5) is 27.1. The monoisotopic (exact) mass is 413 g/mol. The Morgan fingerprint density at radius 3 is 2.52 bits per heavy atom. The molecule has 0 unspecified atom stereocenters. The molecule has 1 aromatic carbocycles. The van der Waals surface area contributed by atoms with Gasteiger partial charge in [0, 0.05) is 37.3 Å². The van der Waals surface area contributed by atoms with Gasteiger partial charge in [-0.25, -0.2) is 0 Å². The SMILES string of the molecule is O=C(c1cc(Cl)ccc1[N+](=O)[O-])N1CCN(c2ccc(-c3ccco3)nn2)CC1. The third-order valence-corrected chi connectivity index (χ3v) is 4.94. The Morgan fingerprint density at radius 1 is 1.10 bits per heavy atom. The molecule has 0 atom stereocenters. The number of hydrogen-bond donors (Lipinski definition) is 0. The maximum atomic E-state index is 12.8. The normalized spacial score (nSPS) is 14.1. The van der Waals surface area contributed by atoms with Gasteiger partial charge in [0.05, 0.1) is 11.2 Å². The third kappa shape index (κ3) is 3.90. The lowest BCUT2D eigenvalue weighted by atomic mass is 10.1. The molecule has 29 heavy (non-hydrogen) atoms. The molecule has 3 aromatic rings. The van der Waals surface area contributed by atoms with Crippen LogP contribution in [0, 0.1) is 10.1 Å². The zero-order chi connectivity index (χ0) is 20.4. The Bertz CT molecular complexity index is 1030. The van der Waals surface area contributed by atoms with Crippen LogP contribution in [0.25, 0.3) is 11.5 Å². The number of carbonyl (C=O) groups excluding carboxylic acids is 1. The zero-order valence-electron chi connectivity index (χ0n) is 15.2. The number of hydrogen-bond acceptors (Lipinski definition) is 7. The van der Waals surface area contributed by atoms with Crippen LogP contribution in [0.1, 0.15) is 10.4 Å². The molecule has 9 nitrogen and oxygen atoms in total. The lowest BCUT2D eigenvalue weighted by Crippen LogP contribution is -2.49. The van der Waals surface area contributed by atoms with Crippen LogP contribution in [0.4, 0.5) is 11.5 Å². The van der Waals surface area contributed by atoms with E-state index in [1.807, 2.05) is 23.1 Å². The van der Waals surface area contributed by atoms with Gasteiger partial charge in [-0.15, -0.1) is 10.2 Å². The highest BCUT2D eigenvalue weighted by atomic mass is 35.5. The number of nitrogens with zero attached hydrogens (tertiary/aromatic N) is 5. The Kier molecular flexibility index (Phi) is 5.13. The van der Waals surface area contributed by atoms with E-state index in [-0.39, 0.29) is 16.3 Å². The Labute approximate surface area is 170 Å². The molecule has 0 aliphatic carbocycles. The Hall–Kier alpha value is -3.46. The standard InChI is InChI=1S/C19H16ClN5O4/c20-13-3-5-16(25(27)28)14(12-13)19(26)24-9-7-23(8-10-24)18-6-4-15(21-22-18)17-2-1-11-29-17/h1-6,11-12H,7-10H2. The number of benzene rings is 1. The first-order valence-electron chi connectivity index (χ1n) is 8.89. The molecule has 4 rings (SSSR count). The summed E-state index contributed by atoms with van der Waals surface area (Å²) in [7, 11) is 0. The molecule has 0 radical (unpaired) electrons. The van der Waals surface area contributed by atoms with Crippen LogP contribution in [0.2, 0.25) is 5.02 Å². The highest BCUT2D eigenvalue weighted by Gasteiger charge is 2.28. The topological polar surface area (TPSA) is 106 Å². The second-order valence-electron chi connectivity index (χ2n) is 6.45. The van der Waals surface area contributed by atoms with Crippen molar-refractivity contribution in [3.05, 3.63) is 69.4 Å². The van der Waals surface area contributed by atoms with E-state index in [9.17, 15) is 14.9 Å². The number of carbonyl (C=O) groups is 1. The summed E-state index contributed by atoms with van der Waals surface area (Å²) in [6.07, 6.45) is 1.57. The molecule has 1 saturated heterocycles. The number of rotatable bonds is 4. The zero-order valence-corrected chi connectivity index (χ0v) is 16.0. The van der Waals surface area contributed by atoms with Gasteiger partial charge in [0.2, 0.25) is 0 Å². The molecule has 2 aromatic heterocycles. The van der Waals surface area contributed by atoms with Crippen LogP contribution in [0.5, 0.6) is 0 Å². The molecule has 10 heteroatoms. The molecular formula is C19H16ClN5O4. The van der Waals surface area contributed by atoms with Gasteiger partial charge in [0.15, 0.2) is 11.6 Å². The van der Waals surface area contributed by atoms with E-state index in [0.717, 1.165) is 0 Å². The number of piperazine rings is 1. The summed E-state index contributed by atoms with van der Waals surface area (Å²) in [6.45, 7) is 1.89. The van der Waals surface area contributed by atoms with Gasteiger partial charge in [-0.05, 0) is 36.4 Å². The minimum atomic E-state index is -0.573. The van der Waals surface area contributed by atoms with E-state index in [1.165, 1.54) is 18.2 Å². The smallest absolute Gasteiger partial charge is 0.282 e. The second kappa shape index (κ2) is 7.88. The van der Waals surface area contributed by atoms with Crippen molar-refractivity contribution >= 4 is 29.0 Å². The van der Waals surface area contributed by atoms with Gasteiger partial charge in [-0.2, -0.15) is 0 Å². The molecule has 0 saturated carbocycles. The van der Waals surface area contributed by atoms with Crippen molar-refractivity contribution in [1.82, 2.24) is 15.1 Å². The first-order valence-corrected chi connectivity index (χ1v) is 9.26. The molecule has 1 fully saturated rings. The molecule has 3 heterocycles. The third-order valence-electron chi connectivity index (χ3n) is 4.70. The van der Waals surface area contributed by atoms with E-state index in [1.54, 1.807) is 17.2 Å². The number of anilines is 1. The van der Waals surface area contributed by atoms with Crippen LogP contribution in [0.3, 0.4) is 0 Å². The van der Waals surface area contributed by atoms with Crippen LogP contribution in [-0.2, 0) is 0 Å². The average molecular weight is 414 g/mol. The van der Waals surface area contributed by atoms with E-state index in [4.69, 9.17) is 16.0 Å². The number of nitro groups is 1. The van der Waals surface area contributed by atoms with Crippen LogP contribution in [0.15, 0.2) is 53.1 Å². The molecule has 148 valence electrons. The highest BCUT2D eigenvalue weighted by molar-refractivity contribution is 6.31. The van der Waals surface area contributed by atoms with Crippen molar-refractivity contribution in [1.29, 1.82) is 0 Å². The number of aromatic nitrogens is 2. The minimum absolute atomic E-state index is 0.00135. The van der Waals surface area contributed by atoms with E-state index < -0.39 is 10.8 Å². The predicted octanol–water partition coefficient (Wildman–Crippen LogP) is 3.26. The summed E-state index contributed by atoms with van der Waals surface area (Å²) in [6, 6.07) is 11.3. The van der Waals surface area contributed by atoms with Crippen molar-refractivity contribution in [3.8, 4) is 11.5 Å². The van der Waals surface area contributed by atoms with Crippen molar-refractivity contribution < 1.29 is 14.1 Å². The largest absolute Gasteiger partial charge is 0.463 e. The molecule has 1 amide bonds.